The average Bonchev–Trinajstić information content (AvgIpc) is 3.20. The Labute approximate surface area is 168 Å². The summed E-state index contributed by atoms with van der Waals surface area (Å²) in [5.41, 5.74) is 5.91. The summed E-state index contributed by atoms with van der Waals surface area (Å²) in [6, 6.07) is 19.1. The van der Waals surface area contributed by atoms with Gasteiger partial charge in [0, 0.05) is 23.8 Å². The van der Waals surface area contributed by atoms with Gasteiger partial charge in [-0.2, -0.15) is 0 Å². The number of anilines is 4. The highest BCUT2D eigenvalue weighted by Gasteiger charge is 2.36. The van der Waals surface area contributed by atoms with Gasteiger partial charge < -0.3 is 10.2 Å². The van der Waals surface area contributed by atoms with E-state index >= 15 is 0 Å². The van der Waals surface area contributed by atoms with Crippen LogP contribution in [0, 0.1) is 6.92 Å². The zero-order valence-corrected chi connectivity index (χ0v) is 17.0. The van der Waals surface area contributed by atoms with Crippen molar-refractivity contribution in [3.8, 4) is 0 Å². The van der Waals surface area contributed by atoms with Crippen LogP contribution in [0.25, 0.3) is 10.2 Å². The number of benzene rings is 2. The van der Waals surface area contributed by atoms with Crippen LogP contribution in [0.3, 0.4) is 0 Å². The van der Waals surface area contributed by atoms with Gasteiger partial charge in [-0.05, 0) is 48.4 Å². The summed E-state index contributed by atoms with van der Waals surface area (Å²) in [5, 5.41) is 4.41. The first-order valence-electron chi connectivity index (χ1n) is 9.47. The fourth-order valence-corrected chi connectivity index (χ4v) is 4.81. The number of thiazole rings is 1. The monoisotopic (exact) mass is 386 g/mol. The van der Waals surface area contributed by atoms with E-state index in [1.54, 1.807) is 11.3 Å². The largest absolute Gasteiger partial charge is 0.328 e. The van der Waals surface area contributed by atoms with Gasteiger partial charge in [-0.15, -0.1) is 0 Å². The molecule has 5 rings (SSSR count). The zero-order valence-electron chi connectivity index (χ0n) is 16.2. The molecule has 0 atom stereocenters. The first kappa shape index (κ1) is 17.2. The number of hydrogen-bond donors (Lipinski definition) is 1. The van der Waals surface area contributed by atoms with Crippen LogP contribution in [-0.4, -0.2) is 16.5 Å². The Balaban J connectivity index is 1.55. The standard InChI is InChI=1S/C23H22N4S/c1-15-10-11-20-18(13-15)26-22(28-20)25-17-8-6-12-24-21(17)27-14-23(2,3)16-7-4-5-9-19(16)27/h4-13H,14H2,1-3H3,(H,25,26). The van der Waals surface area contributed by atoms with Crippen LogP contribution < -0.4 is 10.2 Å². The molecule has 0 spiro atoms. The van der Waals surface area contributed by atoms with Crippen LogP contribution in [0.5, 0.6) is 0 Å². The fourth-order valence-electron chi connectivity index (χ4n) is 3.95. The molecule has 1 aliphatic heterocycles. The van der Waals surface area contributed by atoms with Crippen LogP contribution in [0.1, 0.15) is 25.0 Å². The van der Waals surface area contributed by atoms with Gasteiger partial charge in [0.1, 0.15) is 0 Å². The number of nitrogens with zero attached hydrogens (tertiary/aromatic N) is 3. The first-order valence-corrected chi connectivity index (χ1v) is 10.3. The lowest BCUT2D eigenvalue weighted by Crippen LogP contribution is -2.26. The number of aromatic nitrogens is 2. The molecule has 4 aromatic rings. The summed E-state index contributed by atoms with van der Waals surface area (Å²) in [6.45, 7) is 7.57. The van der Waals surface area contributed by atoms with Gasteiger partial charge in [-0.3, -0.25) is 0 Å². The van der Waals surface area contributed by atoms with E-state index in [-0.39, 0.29) is 5.41 Å². The van der Waals surface area contributed by atoms with Crippen LogP contribution in [0.4, 0.5) is 22.3 Å². The van der Waals surface area contributed by atoms with Crippen LogP contribution >= 0.6 is 11.3 Å². The number of aryl methyl sites for hydroxylation is 1. The summed E-state index contributed by atoms with van der Waals surface area (Å²) in [5.74, 6) is 0.941. The summed E-state index contributed by atoms with van der Waals surface area (Å²) >= 11 is 1.67. The van der Waals surface area contributed by atoms with Crippen molar-refractivity contribution >= 4 is 43.9 Å². The van der Waals surface area contributed by atoms with Crippen molar-refractivity contribution in [2.45, 2.75) is 26.2 Å². The van der Waals surface area contributed by atoms with E-state index in [2.05, 4.69) is 79.5 Å². The molecule has 1 N–H and O–H groups in total. The van der Waals surface area contributed by atoms with E-state index in [1.807, 2.05) is 12.3 Å². The van der Waals surface area contributed by atoms with Gasteiger partial charge in [0.05, 0.1) is 15.9 Å². The molecule has 140 valence electrons. The average molecular weight is 387 g/mol. The van der Waals surface area contributed by atoms with Crippen LogP contribution in [0.15, 0.2) is 60.8 Å². The van der Waals surface area contributed by atoms with Crippen molar-refractivity contribution in [1.82, 2.24) is 9.97 Å². The highest BCUT2D eigenvalue weighted by Crippen LogP contribution is 2.45. The van der Waals surface area contributed by atoms with Crippen molar-refractivity contribution in [3.05, 3.63) is 71.9 Å². The van der Waals surface area contributed by atoms with E-state index in [0.717, 1.165) is 28.7 Å². The molecule has 4 nitrogen and oxygen atoms in total. The molecular formula is C23H22N4S. The van der Waals surface area contributed by atoms with Gasteiger partial charge in [0.25, 0.3) is 0 Å². The Kier molecular flexibility index (Phi) is 3.88. The molecule has 0 bridgehead atoms. The topological polar surface area (TPSA) is 41.1 Å². The fraction of sp³-hybridized carbons (Fsp3) is 0.217. The van der Waals surface area contributed by atoms with Crippen molar-refractivity contribution in [2.75, 3.05) is 16.8 Å². The first-order chi connectivity index (χ1) is 13.5. The Morgan fingerprint density at radius 1 is 1.07 bits per heavy atom. The normalized spacial score (nSPS) is 15.0. The van der Waals surface area contributed by atoms with E-state index in [1.165, 1.54) is 21.5 Å². The summed E-state index contributed by atoms with van der Waals surface area (Å²) in [6.07, 6.45) is 1.86. The number of rotatable bonds is 3. The van der Waals surface area contributed by atoms with Gasteiger partial charge >= 0.3 is 0 Å². The van der Waals surface area contributed by atoms with Crippen molar-refractivity contribution < 1.29 is 0 Å². The number of nitrogens with one attached hydrogen (secondary N) is 1. The lowest BCUT2D eigenvalue weighted by molar-refractivity contribution is 0.568. The van der Waals surface area contributed by atoms with Gasteiger partial charge in [-0.25, -0.2) is 9.97 Å². The van der Waals surface area contributed by atoms with E-state index in [0.29, 0.717) is 0 Å². The quantitative estimate of drug-likeness (QED) is 0.457. The predicted octanol–water partition coefficient (Wildman–Crippen LogP) is 6.17. The molecule has 0 fully saturated rings. The van der Waals surface area contributed by atoms with Crippen molar-refractivity contribution in [1.29, 1.82) is 0 Å². The Bertz CT molecular complexity index is 1180. The minimum Gasteiger partial charge on any atom is -0.328 e. The molecule has 2 aromatic heterocycles. The third kappa shape index (κ3) is 2.83. The summed E-state index contributed by atoms with van der Waals surface area (Å²) in [7, 11) is 0. The maximum absolute atomic E-state index is 4.77. The van der Waals surface area contributed by atoms with Gasteiger partial charge in [-0.1, -0.05) is 49.4 Å². The Morgan fingerprint density at radius 3 is 2.82 bits per heavy atom. The van der Waals surface area contributed by atoms with Crippen molar-refractivity contribution in [2.24, 2.45) is 0 Å². The highest BCUT2D eigenvalue weighted by atomic mass is 32.1. The molecule has 28 heavy (non-hydrogen) atoms. The van der Waals surface area contributed by atoms with Crippen LogP contribution in [-0.2, 0) is 5.41 Å². The van der Waals surface area contributed by atoms with Crippen molar-refractivity contribution in [3.63, 3.8) is 0 Å². The molecular weight excluding hydrogens is 364 g/mol. The lowest BCUT2D eigenvalue weighted by atomic mass is 9.87. The molecule has 1 aliphatic rings. The minimum atomic E-state index is 0.0821. The molecule has 0 aliphatic carbocycles. The number of para-hydroxylation sites is 1. The maximum Gasteiger partial charge on any atom is 0.188 e. The number of hydrogen-bond acceptors (Lipinski definition) is 5. The molecule has 0 saturated heterocycles. The third-order valence-electron chi connectivity index (χ3n) is 5.30. The molecule has 2 aromatic carbocycles. The molecule has 5 heteroatoms. The predicted molar refractivity (Wildman–Crippen MR) is 118 cm³/mol. The third-order valence-corrected chi connectivity index (χ3v) is 6.26. The number of pyridine rings is 1. The van der Waals surface area contributed by atoms with Gasteiger partial charge in [0.2, 0.25) is 0 Å². The smallest absolute Gasteiger partial charge is 0.188 e. The molecule has 0 amide bonds. The SMILES string of the molecule is Cc1ccc2sc(Nc3cccnc3N3CC(C)(C)c4ccccc43)nc2c1. The minimum absolute atomic E-state index is 0.0821. The second-order valence-electron chi connectivity index (χ2n) is 7.98. The Hall–Kier alpha value is -2.92. The molecule has 0 saturated carbocycles. The molecule has 0 radical (unpaired) electrons. The van der Waals surface area contributed by atoms with Crippen LogP contribution in [0.2, 0.25) is 0 Å². The second kappa shape index (κ2) is 6.31. The van der Waals surface area contributed by atoms with E-state index < -0.39 is 0 Å². The summed E-state index contributed by atoms with van der Waals surface area (Å²) in [4.78, 5) is 11.8. The molecule has 0 unspecified atom stereocenters. The molecule has 3 heterocycles. The van der Waals surface area contributed by atoms with Gasteiger partial charge in [0.15, 0.2) is 10.9 Å². The zero-order chi connectivity index (χ0) is 19.3. The second-order valence-corrected chi connectivity index (χ2v) is 9.01. The summed E-state index contributed by atoms with van der Waals surface area (Å²) < 4.78 is 1.19. The Morgan fingerprint density at radius 2 is 1.93 bits per heavy atom. The van der Waals surface area contributed by atoms with E-state index in [4.69, 9.17) is 9.97 Å². The lowest BCUT2D eigenvalue weighted by Gasteiger charge is -2.23. The maximum atomic E-state index is 4.77. The number of fused-ring (bicyclic) bond motifs is 2. The highest BCUT2D eigenvalue weighted by molar-refractivity contribution is 7.22. The van der Waals surface area contributed by atoms with E-state index in [9.17, 15) is 0 Å².